The van der Waals surface area contributed by atoms with Gasteiger partial charge in [0, 0.05) is 19.1 Å². The highest BCUT2D eigenvalue weighted by Crippen LogP contribution is 2.33. The van der Waals surface area contributed by atoms with Gasteiger partial charge in [0.2, 0.25) is 5.91 Å². The van der Waals surface area contributed by atoms with Crippen LogP contribution in [0.5, 0.6) is 0 Å². The van der Waals surface area contributed by atoms with E-state index in [-0.39, 0.29) is 24.3 Å². The van der Waals surface area contributed by atoms with Crippen LogP contribution < -0.4 is 5.32 Å². The number of rotatable bonds is 6. The van der Waals surface area contributed by atoms with E-state index in [1.165, 1.54) is 18.2 Å². The highest BCUT2D eigenvalue weighted by molar-refractivity contribution is 5.76. The Hall–Kier alpha value is -2.24. The van der Waals surface area contributed by atoms with Crippen molar-refractivity contribution < 1.29 is 19.0 Å². The maximum atomic E-state index is 13.2. The maximum Gasteiger partial charge on any atom is 0.222 e. The van der Waals surface area contributed by atoms with E-state index in [1.54, 1.807) is 6.07 Å². The van der Waals surface area contributed by atoms with Gasteiger partial charge in [-0.15, -0.1) is 0 Å². The van der Waals surface area contributed by atoms with Crippen LogP contribution >= 0.6 is 0 Å². The molecular weight excluding hydrogens is 321 g/mol. The van der Waals surface area contributed by atoms with Crippen LogP contribution in [0, 0.1) is 11.7 Å². The van der Waals surface area contributed by atoms with Gasteiger partial charge >= 0.3 is 0 Å². The Morgan fingerprint density at radius 2 is 2.04 bits per heavy atom. The standard InChI is InChI=1S/C20H22FNO3/c21-17-8-4-7-15(11-17)18(23)12-19(24)22-13-16-9-10-25-20(16)14-5-2-1-3-6-14/h1-8,11,16,18,20,23H,9-10,12-13H2,(H,22,24)/t16-,18-,20-/m0/s1. The fourth-order valence-electron chi connectivity index (χ4n) is 3.18. The summed E-state index contributed by atoms with van der Waals surface area (Å²) in [5.74, 6) is -0.473. The lowest BCUT2D eigenvalue weighted by atomic mass is 9.95. The molecule has 2 aromatic carbocycles. The van der Waals surface area contributed by atoms with Crippen LogP contribution in [0.2, 0.25) is 0 Å². The molecule has 0 unspecified atom stereocenters. The van der Waals surface area contributed by atoms with Crippen LogP contribution in [0.3, 0.4) is 0 Å². The van der Waals surface area contributed by atoms with Crippen molar-refractivity contribution in [3.05, 3.63) is 71.5 Å². The van der Waals surface area contributed by atoms with E-state index in [0.29, 0.717) is 18.7 Å². The molecule has 132 valence electrons. The molecule has 0 aliphatic carbocycles. The molecule has 5 heteroatoms. The van der Waals surface area contributed by atoms with E-state index in [2.05, 4.69) is 5.32 Å². The molecule has 0 aromatic heterocycles. The summed E-state index contributed by atoms with van der Waals surface area (Å²) in [4.78, 5) is 12.1. The van der Waals surface area contributed by atoms with E-state index in [0.717, 1.165) is 12.0 Å². The first-order valence-electron chi connectivity index (χ1n) is 8.50. The molecule has 1 saturated heterocycles. The van der Waals surface area contributed by atoms with E-state index in [4.69, 9.17) is 4.74 Å². The average Bonchev–Trinajstić information content (AvgIpc) is 3.09. The maximum absolute atomic E-state index is 13.2. The Labute approximate surface area is 146 Å². The average molecular weight is 343 g/mol. The SMILES string of the molecule is O=C(C[C@H](O)c1cccc(F)c1)NC[C@@H]1CCO[C@H]1c1ccccc1. The summed E-state index contributed by atoms with van der Waals surface area (Å²) >= 11 is 0. The first kappa shape index (κ1) is 17.6. The molecule has 1 amide bonds. The molecule has 0 saturated carbocycles. The highest BCUT2D eigenvalue weighted by Gasteiger charge is 2.29. The largest absolute Gasteiger partial charge is 0.388 e. The van der Waals surface area contributed by atoms with Crippen molar-refractivity contribution in [1.29, 1.82) is 0 Å². The minimum atomic E-state index is -1.01. The molecule has 25 heavy (non-hydrogen) atoms. The van der Waals surface area contributed by atoms with Gasteiger partial charge in [-0.3, -0.25) is 4.79 Å². The summed E-state index contributed by atoms with van der Waals surface area (Å²) in [5, 5.41) is 13.0. The van der Waals surface area contributed by atoms with Gasteiger partial charge < -0.3 is 15.2 Å². The quantitative estimate of drug-likeness (QED) is 0.847. The molecular formula is C20H22FNO3. The van der Waals surface area contributed by atoms with E-state index >= 15 is 0 Å². The number of aliphatic hydroxyl groups is 1. The van der Waals surface area contributed by atoms with E-state index in [1.807, 2.05) is 30.3 Å². The predicted octanol–water partition coefficient (Wildman–Crippen LogP) is 3.14. The lowest BCUT2D eigenvalue weighted by molar-refractivity contribution is -0.123. The number of amides is 1. The molecule has 1 aliphatic heterocycles. The van der Waals surface area contributed by atoms with Crippen LogP contribution in [0.1, 0.15) is 36.2 Å². The van der Waals surface area contributed by atoms with E-state index < -0.39 is 11.9 Å². The first-order valence-corrected chi connectivity index (χ1v) is 8.50. The van der Waals surface area contributed by atoms with Gasteiger partial charge in [-0.2, -0.15) is 0 Å². The zero-order valence-corrected chi connectivity index (χ0v) is 13.9. The molecule has 1 fully saturated rings. The second-order valence-electron chi connectivity index (χ2n) is 6.33. The molecule has 0 bridgehead atoms. The summed E-state index contributed by atoms with van der Waals surface area (Å²) in [6.45, 7) is 1.17. The molecule has 4 nitrogen and oxygen atoms in total. The number of nitrogens with one attached hydrogen (secondary N) is 1. The Balaban J connectivity index is 1.52. The summed E-state index contributed by atoms with van der Waals surface area (Å²) < 4.78 is 19.0. The summed E-state index contributed by atoms with van der Waals surface area (Å²) in [6.07, 6.45) is -0.241. The fraction of sp³-hybridized carbons (Fsp3) is 0.350. The van der Waals surface area contributed by atoms with Gasteiger partial charge in [0.25, 0.3) is 0 Å². The third kappa shape index (κ3) is 4.65. The van der Waals surface area contributed by atoms with Crippen LogP contribution in [0.4, 0.5) is 4.39 Å². The monoisotopic (exact) mass is 343 g/mol. The van der Waals surface area contributed by atoms with Gasteiger partial charge in [0.1, 0.15) is 5.82 Å². The van der Waals surface area contributed by atoms with Crippen molar-refractivity contribution >= 4 is 5.91 Å². The Bertz CT molecular complexity index is 707. The summed E-state index contributed by atoms with van der Waals surface area (Å²) in [7, 11) is 0. The number of aliphatic hydroxyl groups excluding tert-OH is 1. The van der Waals surface area contributed by atoms with Gasteiger partial charge in [0.15, 0.2) is 0 Å². The van der Waals surface area contributed by atoms with Crippen molar-refractivity contribution in [1.82, 2.24) is 5.32 Å². The second kappa shape index (κ2) is 8.23. The summed E-state index contributed by atoms with van der Waals surface area (Å²) in [5.41, 5.74) is 1.51. The van der Waals surface area contributed by atoms with Crippen molar-refractivity contribution in [2.45, 2.75) is 25.0 Å². The molecule has 3 atom stereocenters. The van der Waals surface area contributed by atoms with E-state index in [9.17, 15) is 14.3 Å². The molecule has 0 radical (unpaired) electrons. The van der Waals surface area contributed by atoms with Crippen molar-refractivity contribution in [3.63, 3.8) is 0 Å². The van der Waals surface area contributed by atoms with Crippen molar-refractivity contribution in [3.8, 4) is 0 Å². The lowest BCUT2D eigenvalue weighted by Gasteiger charge is -2.20. The fourth-order valence-corrected chi connectivity index (χ4v) is 3.18. The van der Waals surface area contributed by atoms with Crippen LogP contribution in [-0.2, 0) is 9.53 Å². The number of hydrogen-bond donors (Lipinski definition) is 2. The zero-order valence-electron chi connectivity index (χ0n) is 13.9. The predicted molar refractivity (Wildman–Crippen MR) is 92.2 cm³/mol. The summed E-state index contributed by atoms with van der Waals surface area (Å²) in [6, 6.07) is 15.6. The van der Waals surface area contributed by atoms with Gasteiger partial charge in [0.05, 0.1) is 18.6 Å². The number of ether oxygens (including phenoxy) is 1. The van der Waals surface area contributed by atoms with Gasteiger partial charge in [-0.1, -0.05) is 42.5 Å². The molecule has 2 N–H and O–H groups in total. The topological polar surface area (TPSA) is 58.6 Å². The number of hydrogen-bond acceptors (Lipinski definition) is 3. The number of halogens is 1. The first-order chi connectivity index (χ1) is 12.1. The zero-order chi connectivity index (χ0) is 17.6. The molecule has 1 heterocycles. The Morgan fingerprint density at radius 3 is 2.80 bits per heavy atom. The minimum Gasteiger partial charge on any atom is -0.388 e. The smallest absolute Gasteiger partial charge is 0.222 e. The second-order valence-corrected chi connectivity index (χ2v) is 6.33. The van der Waals surface area contributed by atoms with Crippen LogP contribution in [-0.4, -0.2) is 24.2 Å². The molecule has 0 spiro atoms. The van der Waals surface area contributed by atoms with Gasteiger partial charge in [-0.05, 0) is 29.7 Å². The third-order valence-electron chi connectivity index (χ3n) is 4.52. The van der Waals surface area contributed by atoms with Gasteiger partial charge in [-0.25, -0.2) is 4.39 Å². The number of benzene rings is 2. The van der Waals surface area contributed by atoms with Crippen LogP contribution in [0.25, 0.3) is 0 Å². The Kier molecular flexibility index (Phi) is 5.79. The normalized spacial score (nSPS) is 21.0. The Morgan fingerprint density at radius 1 is 1.24 bits per heavy atom. The van der Waals surface area contributed by atoms with Crippen LogP contribution in [0.15, 0.2) is 54.6 Å². The van der Waals surface area contributed by atoms with Crippen molar-refractivity contribution in [2.24, 2.45) is 5.92 Å². The highest BCUT2D eigenvalue weighted by atomic mass is 19.1. The molecule has 1 aliphatic rings. The third-order valence-corrected chi connectivity index (χ3v) is 4.52. The number of carbonyl (C=O) groups is 1. The number of carbonyl (C=O) groups excluding carboxylic acids is 1. The lowest BCUT2D eigenvalue weighted by Crippen LogP contribution is -2.31. The molecule has 3 rings (SSSR count). The minimum absolute atomic E-state index is 0.0188. The molecule has 2 aromatic rings. The van der Waals surface area contributed by atoms with Crippen molar-refractivity contribution in [2.75, 3.05) is 13.2 Å².